The van der Waals surface area contributed by atoms with Crippen molar-refractivity contribution in [1.82, 2.24) is 4.90 Å². The second-order valence-corrected chi connectivity index (χ2v) is 5.78. The van der Waals surface area contributed by atoms with Crippen molar-refractivity contribution in [2.45, 2.75) is 27.8 Å². The molecule has 1 fully saturated rings. The predicted molar refractivity (Wildman–Crippen MR) is 54.2 cm³/mol. The van der Waals surface area contributed by atoms with Crippen LogP contribution in [0.2, 0.25) is 0 Å². The number of thioether (sulfide) groups is 1. The summed E-state index contributed by atoms with van der Waals surface area (Å²) in [5.41, 5.74) is 0. The zero-order valence-electron chi connectivity index (χ0n) is 8.11. The molecule has 0 aliphatic carbocycles. The molecule has 0 radical (unpaired) electrons. The molecule has 94 valence electrons. The van der Waals surface area contributed by atoms with Crippen LogP contribution in [0.15, 0.2) is 0 Å². The van der Waals surface area contributed by atoms with E-state index in [1.54, 1.807) is 0 Å². The van der Waals surface area contributed by atoms with Crippen LogP contribution in [-0.4, -0.2) is 38.7 Å². The van der Waals surface area contributed by atoms with Crippen molar-refractivity contribution < 1.29 is 22.4 Å². The van der Waals surface area contributed by atoms with Crippen LogP contribution in [0.1, 0.15) is 6.92 Å². The van der Waals surface area contributed by atoms with Gasteiger partial charge in [0.25, 0.3) is 0 Å². The summed E-state index contributed by atoms with van der Waals surface area (Å²) in [6, 6.07) is 0. The van der Waals surface area contributed by atoms with Crippen LogP contribution >= 0.6 is 35.0 Å². The molecule has 1 unspecified atom stereocenters. The van der Waals surface area contributed by atoms with Gasteiger partial charge in [-0.05, 0) is 30.1 Å². The molecule has 0 N–H and O–H groups in total. The van der Waals surface area contributed by atoms with Crippen molar-refractivity contribution in [2.75, 3.05) is 7.05 Å². The van der Waals surface area contributed by atoms with Gasteiger partial charge in [-0.1, -0.05) is 0 Å². The number of carbonyl (C=O) groups excluding carboxylic acids is 1. The van der Waals surface area contributed by atoms with Gasteiger partial charge >= 0.3 is 10.8 Å². The maximum atomic E-state index is 13.2. The summed E-state index contributed by atoms with van der Waals surface area (Å²) >= 11 is 9.44. The Balaban J connectivity index is 3.35. The average molecular weight is 300 g/mol. The summed E-state index contributed by atoms with van der Waals surface area (Å²) in [6.45, 7) is 1.23. The van der Waals surface area contributed by atoms with Gasteiger partial charge in [-0.2, -0.15) is 17.6 Å². The molecular weight excluding hydrogens is 293 g/mol. The molecule has 0 spiro atoms. The van der Waals surface area contributed by atoms with Crippen LogP contribution in [0.4, 0.5) is 17.6 Å². The first-order valence-electron chi connectivity index (χ1n) is 4.04. The molecule has 16 heavy (non-hydrogen) atoms. The SMILES string of the molecule is CC1SC(C(F)(F)Cl)(C(F)(F)Cl)N(C)C1=O. The lowest BCUT2D eigenvalue weighted by Gasteiger charge is -2.40. The molecule has 0 aromatic rings. The molecule has 1 aliphatic rings. The third kappa shape index (κ3) is 1.76. The van der Waals surface area contributed by atoms with Crippen LogP contribution in [-0.2, 0) is 4.79 Å². The molecule has 1 atom stereocenters. The van der Waals surface area contributed by atoms with E-state index in [2.05, 4.69) is 0 Å². The number of amides is 1. The van der Waals surface area contributed by atoms with Crippen LogP contribution in [0.5, 0.6) is 0 Å². The van der Waals surface area contributed by atoms with Gasteiger partial charge in [0, 0.05) is 7.05 Å². The molecule has 9 heteroatoms. The Labute approximate surface area is 103 Å². The number of alkyl halides is 6. The highest BCUT2D eigenvalue weighted by Crippen LogP contribution is 2.60. The lowest BCUT2D eigenvalue weighted by Crippen LogP contribution is -2.61. The molecule has 0 aromatic carbocycles. The number of hydrogen-bond acceptors (Lipinski definition) is 2. The first-order chi connectivity index (χ1) is 6.95. The van der Waals surface area contributed by atoms with Crippen LogP contribution in [0.3, 0.4) is 0 Å². The molecule has 0 aromatic heterocycles. The number of nitrogens with zero attached hydrogens (tertiary/aromatic N) is 1. The van der Waals surface area contributed by atoms with E-state index >= 15 is 0 Å². The van der Waals surface area contributed by atoms with E-state index in [1.807, 2.05) is 0 Å². The Morgan fingerprint density at radius 3 is 1.81 bits per heavy atom. The lowest BCUT2D eigenvalue weighted by molar-refractivity contribution is -0.151. The monoisotopic (exact) mass is 299 g/mol. The normalized spacial score (nSPS) is 26.4. The fourth-order valence-corrected chi connectivity index (χ4v) is 3.58. The number of carbonyl (C=O) groups is 1. The second-order valence-electron chi connectivity index (χ2n) is 3.30. The molecule has 1 aliphatic heterocycles. The molecule has 0 saturated carbocycles. The third-order valence-corrected chi connectivity index (χ3v) is 4.72. The average Bonchev–Trinajstić information content (AvgIpc) is 2.27. The standard InChI is InChI=1S/C7H7Cl2F4NOS/c1-3-4(15)14(2)5(16-3,6(8,10)11)7(9,12)13/h3H,1-2H3. The summed E-state index contributed by atoms with van der Waals surface area (Å²) in [7, 11) is 0.825. The molecule has 1 amide bonds. The molecule has 1 saturated heterocycles. The van der Waals surface area contributed by atoms with Crippen molar-refractivity contribution in [3.63, 3.8) is 0 Å². The van der Waals surface area contributed by atoms with Crippen molar-refractivity contribution in [2.24, 2.45) is 0 Å². The largest absolute Gasteiger partial charge is 0.361 e. The van der Waals surface area contributed by atoms with Crippen LogP contribution < -0.4 is 0 Å². The van der Waals surface area contributed by atoms with E-state index in [1.165, 1.54) is 6.92 Å². The summed E-state index contributed by atoms with van der Waals surface area (Å²) < 4.78 is 52.6. The van der Waals surface area contributed by atoms with E-state index in [-0.39, 0.29) is 16.7 Å². The van der Waals surface area contributed by atoms with Gasteiger partial charge in [-0.25, -0.2) is 0 Å². The van der Waals surface area contributed by atoms with E-state index in [4.69, 9.17) is 23.2 Å². The fourth-order valence-electron chi connectivity index (χ4n) is 1.49. The summed E-state index contributed by atoms with van der Waals surface area (Å²) in [6.07, 6.45) is 0. The lowest BCUT2D eigenvalue weighted by atomic mass is 10.2. The van der Waals surface area contributed by atoms with Gasteiger partial charge in [0.05, 0.1) is 5.25 Å². The predicted octanol–water partition coefficient (Wildman–Crippen LogP) is 2.94. The van der Waals surface area contributed by atoms with Crippen molar-refractivity contribution in [1.29, 1.82) is 0 Å². The first kappa shape index (κ1) is 14.2. The third-order valence-electron chi connectivity index (χ3n) is 2.27. The molecule has 1 rings (SSSR count). The topological polar surface area (TPSA) is 20.3 Å². The molecular formula is C7H7Cl2F4NOS. The van der Waals surface area contributed by atoms with Gasteiger partial charge in [0.2, 0.25) is 10.8 Å². The Hall–Kier alpha value is 0.120. The maximum Gasteiger partial charge on any atom is 0.361 e. The van der Waals surface area contributed by atoms with Gasteiger partial charge < -0.3 is 4.90 Å². The van der Waals surface area contributed by atoms with Crippen molar-refractivity contribution in [3.8, 4) is 0 Å². The van der Waals surface area contributed by atoms with Gasteiger partial charge in [-0.15, -0.1) is 11.8 Å². The molecule has 2 nitrogen and oxygen atoms in total. The summed E-state index contributed by atoms with van der Waals surface area (Å²) in [4.78, 5) is 8.28. The highest BCUT2D eigenvalue weighted by atomic mass is 35.5. The van der Waals surface area contributed by atoms with Crippen molar-refractivity contribution in [3.05, 3.63) is 0 Å². The highest BCUT2D eigenvalue weighted by molar-refractivity contribution is 8.02. The van der Waals surface area contributed by atoms with E-state index in [0.717, 1.165) is 7.05 Å². The van der Waals surface area contributed by atoms with Gasteiger partial charge in [0.1, 0.15) is 0 Å². The Kier molecular flexibility index (Phi) is 3.38. The first-order valence-corrected chi connectivity index (χ1v) is 5.67. The second kappa shape index (κ2) is 3.81. The Bertz CT molecular complexity index is 302. The number of hydrogen-bond donors (Lipinski definition) is 0. The van der Waals surface area contributed by atoms with Gasteiger partial charge in [0.15, 0.2) is 0 Å². The number of rotatable bonds is 2. The zero-order chi connectivity index (χ0) is 12.9. The Morgan fingerprint density at radius 1 is 1.31 bits per heavy atom. The van der Waals surface area contributed by atoms with Crippen molar-refractivity contribution >= 4 is 40.9 Å². The maximum absolute atomic E-state index is 13.2. The van der Waals surface area contributed by atoms with Crippen LogP contribution in [0, 0.1) is 0 Å². The van der Waals surface area contributed by atoms with Gasteiger partial charge in [-0.3, -0.25) is 4.79 Å². The van der Waals surface area contributed by atoms with E-state index in [0.29, 0.717) is 0 Å². The quantitative estimate of drug-likeness (QED) is 0.577. The fraction of sp³-hybridized carbons (Fsp3) is 0.857. The van der Waals surface area contributed by atoms with E-state index < -0.39 is 26.8 Å². The highest BCUT2D eigenvalue weighted by Gasteiger charge is 2.75. The number of halogens is 6. The minimum absolute atomic E-state index is 0.0556. The Morgan fingerprint density at radius 2 is 1.69 bits per heavy atom. The smallest absolute Gasteiger partial charge is 0.317 e. The summed E-state index contributed by atoms with van der Waals surface area (Å²) in [5.74, 6) is -0.870. The minimum Gasteiger partial charge on any atom is -0.317 e. The zero-order valence-corrected chi connectivity index (χ0v) is 10.4. The van der Waals surface area contributed by atoms with Crippen LogP contribution in [0.25, 0.3) is 0 Å². The minimum atomic E-state index is -4.35. The molecule has 0 bridgehead atoms. The van der Waals surface area contributed by atoms with E-state index in [9.17, 15) is 22.4 Å². The summed E-state index contributed by atoms with van der Waals surface area (Å²) in [5, 5.41) is -9.75. The molecule has 1 heterocycles.